The van der Waals surface area contributed by atoms with Crippen LogP contribution in [0.3, 0.4) is 0 Å². The first-order valence-electron chi connectivity index (χ1n) is 8.76. The maximum absolute atomic E-state index is 11.7. The lowest BCUT2D eigenvalue weighted by atomic mass is 10.1. The van der Waals surface area contributed by atoms with Gasteiger partial charge in [0.15, 0.2) is 9.84 Å². The number of hydrogen-bond acceptors (Lipinski definition) is 6. The second-order valence-electron chi connectivity index (χ2n) is 6.58. The van der Waals surface area contributed by atoms with E-state index in [4.69, 9.17) is 0 Å². The molecule has 0 N–H and O–H groups in total. The van der Waals surface area contributed by atoms with Crippen molar-refractivity contribution < 1.29 is 13.2 Å². The third-order valence-electron chi connectivity index (χ3n) is 4.38. The smallest absolute Gasteiger partial charge is 0.157 e. The molecule has 27 heavy (non-hydrogen) atoms. The molecule has 3 aromatic heterocycles. The average Bonchev–Trinajstić information content (AvgIpc) is 3.33. The van der Waals surface area contributed by atoms with Crippen LogP contribution in [0.15, 0.2) is 41.8 Å². The van der Waals surface area contributed by atoms with Crippen molar-refractivity contribution in [3.05, 3.63) is 46.7 Å². The summed E-state index contributed by atoms with van der Waals surface area (Å²) in [6.45, 7) is 1.36. The van der Waals surface area contributed by atoms with Crippen molar-refractivity contribution in [2.75, 3.05) is 6.26 Å². The minimum absolute atomic E-state index is 0.254. The summed E-state index contributed by atoms with van der Waals surface area (Å²) in [5.74, 6) is -0.254. The molecule has 0 saturated carbocycles. The Hall–Kier alpha value is -1.28. The van der Waals surface area contributed by atoms with Gasteiger partial charge in [0, 0.05) is 30.6 Å². The van der Waals surface area contributed by atoms with Crippen molar-refractivity contribution >= 4 is 49.6 Å². The third-order valence-corrected chi connectivity index (χ3v) is 9.48. The molecular formula is C20H22O3S4. The van der Waals surface area contributed by atoms with Gasteiger partial charge in [-0.1, -0.05) is 12.5 Å². The van der Waals surface area contributed by atoms with Gasteiger partial charge in [-0.15, -0.1) is 34.0 Å². The molecule has 0 saturated heterocycles. The van der Waals surface area contributed by atoms with Gasteiger partial charge in [-0.05, 0) is 61.9 Å². The van der Waals surface area contributed by atoms with Crippen molar-refractivity contribution in [3.8, 4) is 19.5 Å². The molecule has 3 nitrogen and oxygen atoms in total. The Balaban J connectivity index is 1.55. The number of sulfone groups is 1. The van der Waals surface area contributed by atoms with Crippen LogP contribution < -0.4 is 0 Å². The lowest BCUT2D eigenvalue weighted by molar-refractivity contribution is -0.116. The first-order valence-corrected chi connectivity index (χ1v) is 13.2. The zero-order chi connectivity index (χ0) is 19.4. The first kappa shape index (κ1) is 20.5. The Morgan fingerprint density at radius 2 is 1.63 bits per heavy atom. The van der Waals surface area contributed by atoms with Crippen molar-refractivity contribution in [1.29, 1.82) is 0 Å². The van der Waals surface area contributed by atoms with Crippen LogP contribution in [0.2, 0.25) is 0 Å². The maximum Gasteiger partial charge on any atom is 0.157 e. The van der Waals surface area contributed by atoms with Crippen LogP contribution in [-0.4, -0.2) is 25.7 Å². The molecule has 7 heteroatoms. The van der Waals surface area contributed by atoms with E-state index in [9.17, 15) is 13.2 Å². The molecule has 0 aliphatic carbocycles. The number of hydrogen-bond donors (Lipinski definition) is 0. The first-order chi connectivity index (χ1) is 12.8. The second kappa shape index (κ2) is 8.82. The van der Waals surface area contributed by atoms with Crippen LogP contribution in [0.25, 0.3) is 19.5 Å². The molecule has 0 spiro atoms. The van der Waals surface area contributed by atoms with Crippen LogP contribution in [-0.2, 0) is 21.1 Å². The molecule has 1 atom stereocenters. The van der Waals surface area contributed by atoms with E-state index in [1.165, 1.54) is 31.3 Å². The lowest BCUT2D eigenvalue weighted by Gasteiger charge is -2.10. The van der Waals surface area contributed by atoms with Crippen LogP contribution in [0.5, 0.6) is 0 Å². The summed E-state index contributed by atoms with van der Waals surface area (Å²) in [6, 6.07) is 12.9. The molecule has 0 aliphatic rings. The second-order valence-corrected chi connectivity index (χ2v) is 12.0. The zero-order valence-corrected chi connectivity index (χ0v) is 18.6. The summed E-state index contributed by atoms with van der Waals surface area (Å²) in [5, 5.41) is 1.25. The topological polar surface area (TPSA) is 51.2 Å². The molecular weight excluding hydrogens is 416 g/mol. The van der Waals surface area contributed by atoms with E-state index >= 15 is 0 Å². The van der Waals surface area contributed by atoms with Crippen LogP contribution in [0.4, 0.5) is 0 Å². The van der Waals surface area contributed by atoms with Gasteiger partial charge in [0.1, 0.15) is 11.0 Å². The largest absolute Gasteiger partial charge is 0.299 e. The Morgan fingerprint density at radius 3 is 2.26 bits per heavy atom. The molecule has 3 heterocycles. The summed E-state index contributed by atoms with van der Waals surface area (Å²) < 4.78 is 23.3. The van der Waals surface area contributed by atoms with Gasteiger partial charge in [-0.2, -0.15) is 0 Å². The molecule has 0 bridgehead atoms. The number of carbonyl (C=O) groups excluding carboxylic acids is 1. The summed E-state index contributed by atoms with van der Waals surface area (Å²) in [6.07, 6.45) is 4.12. The van der Waals surface area contributed by atoms with Gasteiger partial charge in [0.2, 0.25) is 0 Å². The Labute approximate surface area is 172 Å². The van der Waals surface area contributed by atoms with Crippen LogP contribution >= 0.6 is 34.0 Å². The van der Waals surface area contributed by atoms with Crippen molar-refractivity contribution in [2.24, 2.45) is 0 Å². The molecule has 3 aromatic rings. The molecule has 144 valence electrons. The highest BCUT2D eigenvalue weighted by atomic mass is 32.2. The molecule has 0 radical (unpaired) electrons. The highest BCUT2D eigenvalue weighted by Gasteiger charge is 2.24. The Kier molecular flexibility index (Phi) is 6.68. The van der Waals surface area contributed by atoms with Crippen molar-refractivity contribution in [3.63, 3.8) is 0 Å². The van der Waals surface area contributed by atoms with Gasteiger partial charge in [-0.25, -0.2) is 8.42 Å². The van der Waals surface area contributed by atoms with Crippen LogP contribution in [0, 0.1) is 0 Å². The van der Waals surface area contributed by atoms with Crippen molar-refractivity contribution in [1.82, 2.24) is 0 Å². The predicted molar refractivity (Wildman–Crippen MR) is 118 cm³/mol. The molecule has 0 fully saturated rings. The fourth-order valence-corrected chi connectivity index (χ4v) is 7.19. The molecule has 0 amide bonds. The minimum Gasteiger partial charge on any atom is -0.299 e. The van der Waals surface area contributed by atoms with E-state index in [2.05, 4.69) is 41.8 Å². The van der Waals surface area contributed by atoms with E-state index in [0.29, 0.717) is 6.42 Å². The number of aryl methyl sites for hydroxylation is 1. The monoisotopic (exact) mass is 438 g/mol. The predicted octanol–water partition coefficient (Wildman–Crippen LogP) is 5.92. The van der Waals surface area contributed by atoms with E-state index in [0.717, 1.165) is 25.5 Å². The van der Waals surface area contributed by atoms with Gasteiger partial charge in [0.25, 0.3) is 0 Å². The Bertz CT molecular complexity index is 994. The average molecular weight is 439 g/mol. The standard InChI is InChI=1S/C20H22O3S4/c1-14(21)20(27(2,22)23)8-4-3-6-15-9-10-18(25-15)19-12-11-17(26-19)16-7-5-13-24-16/h5,7,9-13,20H,3-4,6,8H2,1-2H3. The zero-order valence-electron chi connectivity index (χ0n) is 15.3. The summed E-state index contributed by atoms with van der Waals surface area (Å²) in [4.78, 5) is 18.0. The number of thiophene rings is 3. The number of unbranched alkanes of at least 4 members (excludes halogenated alkanes) is 1. The molecule has 3 rings (SSSR count). The minimum atomic E-state index is -3.30. The van der Waals surface area contributed by atoms with Crippen LogP contribution in [0.1, 0.15) is 31.1 Å². The summed E-state index contributed by atoms with van der Waals surface area (Å²) in [7, 11) is -3.30. The maximum atomic E-state index is 11.7. The van der Waals surface area contributed by atoms with E-state index in [1.54, 1.807) is 22.7 Å². The summed E-state index contributed by atoms with van der Waals surface area (Å²) >= 11 is 5.36. The quantitative estimate of drug-likeness (QED) is 0.390. The normalized spacial score (nSPS) is 13.0. The molecule has 0 aliphatic heterocycles. The molecule has 1 unspecified atom stereocenters. The van der Waals surface area contributed by atoms with Gasteiger partial charge in [-0.3, -0.25) is 4.79 Å². The van der Waals surface area contributed by atoms with Gasteiger partial charge in [0.05, 0.1) is 0 Å². The van der Waals surface area contributed by atoms with E-state index in [-0.39, 0.29) is 5.78 Å². The highest BCUT2D eigenvalue weighted by molar-refractivity contribution is 7.92. The van der Waals surface area contributed by atoms with E-state index in [1.807, 2.05) is 11.3 Å². The SMILES string of the molecule is CC(=O)C(CCCCc1ccc(-c2ccc(-c3cccs3)s2)s1)S(C)(=O)=O. The lowest BCUT2D eigenvalue weighted by Crippen LogP contribution is -2.27. The fraction of sp³-hybridized carbons (Fsp3) is 0.350. The number of ketones is 1. The fourth-order valence-electron chi connectivity index (χ4n) is 3.01. The van der Waals surface area contributed by atoms with Gasteiger partial charge < -0.3 is 0 Å². The Morgan fingerprint density at radius 1 is 0.963 bits per heavy atom. The molecule has 0 aromatic carbocycles. The number of rotatable bonds is 9. The number of Topliss-reactive ketones (excluding diaryl/α,β-unsaturated/α-hetero) is 1. The highest BCUT2D eigenvalue weighted by Crippen LogP contribution is 2.39. The van der Waals surface area contributed by atoms with E-state index < -0.39 is 15.1 Å². The summed E-state index contributed by atoms with van der Waals surface area (Å²) in [5.41, 5.74) is 0. The number of carbonyl (C=O) groups is 1. The van der Waals surface area contributed by atoms with Gasteiger partial charge >= 0.3 is 0 Å². The third kappa shape index (κ3) is 5.38. The van der Waals surface area contributed by atoms with Crippen molar-refractivity contribution in [2.45, 2.75) is 37.9 Å².